The van der Waals surface area contributed by atoms with Gasteiger partial charge in [0.2, 0.25) is 5.91 Å². The van der Waals surface area contributed by atoms with Gasteiger partial charge >= 0.3 is 0 Å². The molecule has 3 N–H and O–H groups in total. The molecular formula is C28H36N4OP+. The molecule has 0 fully saturated rings. The molecule has 6 heteroatoms. The minimum atomic E-state index is -1.79. The molecule has 0 unspecified atom stereocenters. The molecule has 0 aliphatic heterocycles. The van der Waals surface area contributed by atoms with E-state index < -0.39 is 7.26 Å². The minimum Gasteiger partial charge on any atom is -0.364 e. The number of carbonyl (C=O) groups is 1. The van der Waals surface area contributed by atoms with Gasteiger partial charge < -0.3 is 16.1 Å². The zero-order chi connectivity index (χ0) is 24.1. The third-order valence-electron chi connectivity index (χ3n) is 6.01. The summed E-state index contributed by atoms with van der Waals surface area (Å²) in [6.45, 7) is 1.46. The third kappa shape index (κ3) is 6.91. The van der Waals surface area contributed by atoms with Crippen LogP contribution < -0.4 is 27.1 Å². The van der Waals surface area contributed by atoms with Crippen LogP contribution in [0.2, 0.25) is 0 Å². The van der Waals surface area contributed by atoms with Crippen LogP contribution in [-0.4, -0.2) is 43.4 Å². The molecular weight excluding hydrogens is 439 g/mol. The first kappa shape index (κ1) is 25.5. The first-order valence-electron chi connectivity index (χ1n) is 11.9. The van der Waals surface area contributed by atoms with Gasteiger partial charge in [-0.3, -0.25) is 4.79 Å². The molecule has 3 aromatic carbocycles. The zero-order valence-corrected chi connectivity index (χ0v) is 20.9. The van der Waals surface area contributed by atoms with Crippen molar-refractivity contribution in [3.8, 4) is 0 Å². The first-order valence-corrected chi connectivity index (χ1v) is 13.9. The van der Waals surface area contributed by atoms with E-state index >= 15 is 0 Å². The van der Waals surface area contributed by atoms with Gasteiger partial charge in [-0.15, -0.1) is 0 Å². The van der Waals surface area contributed by atoms with Crippen LogP contribution in [-0.2, 0) is 4.79 Å². The van der Waals surface area contributed by atoms with Gasteiger partial charge in [0, 0.05) is 26.6 Å². The summed E-state index contributed by atoms with van der Waals surface area (Å²) < 4.78 is 0. The Hall–Kier alpha value is -3.17. The van der Waals surface area contributed by atoms with Crippen LogP contribution in [0.1, 0.15) is 25.7 Å². The molecule has 0 heterocycles. The van der Waals surface area contributed by atoms with Crippen molar-refractivity contribution < 1.29 is 4.79 Å². The molecule has 0 radical (unpaired) electrons. The largest absolute Gasteiger partial charge is 0.364 e. The molecule has 0 aromatic heterocycles. The molecule has 0 aliphatic carbocycles. The monoisotopic (exact) mass is 475 g/mol. The number of nitrogens with one attached hydrogen (secondary N) is 1. The molecule has 0 saturated heterocycles. The van der Waals surface area contributed by atoms with Crippen molar-refractivity contribution in [3.63, 3.8) is 0 Å². The number of hydrogen-bond acceptors (Lipinski definition) is 3. The van der Waals surface area contributed by atoms with Crippen LogP contribution in [0, 0.1) is 0 Å². The Labute approximate surface area is 204 Å². The smallest absolute Gasteiger partial charge is 0.220 e. The molecule has 0 bridgehead atoms. The first-order chi connectivity index (χ1) is 16.7. The maximum Gasteiger partial charge on any atom is 0.220 e. The van der Waals surface area contributed by atoms with E-state index in [4.69, 9.17) is 5.84 Å². The third-order valence-corrected chi connectivity index (χ3v) is 10.5. The van der Waals surface area contributed by atoms with Crippen molar-refractivity contribution >= 4 is 35.4 Å². The second kappa shape index (κ2) is 13.5. The SMILES string of the molecule is CN(C=NN)CCCC(=O)NCCCC[P+](c1ccccc1)(c1ccccc1)c1ccccc1. The maximum atomic E-state index is 12.2. The highest BCUT2D eigenvalue weighted by molar-refractivity contribution is 7.95. The molecule has 5 nitrogen and oxygen atoms in total. The Morgan fingerprint density at radius 2 is 1.35 bits per heavy atom. The lowest BCUT2D eigenvalue weighted by atomic mass is 10.2. The number of benzene rings is 3. The van der Waals surface area contributed by atoms with Gasteiger partial charge in [0.1, 0.15) is 29.5 Å². The topological polar surface area (TPSA) is 70.7 Å². The van der Waals surface area contributed by atoms with E-state index in [1.165, 1.54) is 15.9 Å². The fraction of sp³-hybridized carbons (Fsp3) is 0.286. The number of rotatable bonds is 13. The maximum absolute atomic E-state index is 12.2. The highest BCUT2D eigenvalue weighted by Gasteiger charge is 2.44. The summed E-state index contributed by atoms with van der Waals surface area (Å²) in [6.07, 6.45) is 5.93. The lowest BCUT2D eigenvalue weighted by Crippen LogP contribution is -2.33. The average molecular weight is 476 g/mol. The van der Waals surface area contributed by atoms with E-state index in [0.29, 0.717) is 13.0 Å². The number of unbranched alkanes of at least 4 members (excludes halogenated alkanes) is 1. The van der Waals surface area contributed by atoms with Crippen LogP contribution in [0.15, 0.2) is 96.1 Å². The summed E-state index contributed by atoms with van der Waals surface area (Å²) >= 11 is 0. The van der Waals surface area contributed by atoms with Crippen molar-refractivity contribution in [2.24, 2.45) is 10.9 Å². The Bertz CT molecular complexity index is 916. The van der Waals surface area contributed by atoms with E-state index in [2.05, 4.69) is 101 Å². The predicted molar refractivity (Wildman–Crippen MR) is 147 cm³/mol. The minimum absolute atomic E-state index is 0.105. The quantitative estimate of drug-likeness (QED) is 0.0993. The van der Waals surface area contributed by atoms with Gasteiger partial charge in [0.25, 0.3) is 0 Å². The van der Waals surface area contributed by atoms with Gasteiger partial charge in [0.05, 0.1) is 6.16 Å². The fourth-order valence-electron chi connectivity index (χ4n) is 4.33. The lowest BCUT2D eigenvalue weighted by molar-refractivity contribution is -0.121. The van der Waals surface area contributed by atoms with Crippen LogP contribution >= 0.6 is 7.26 Å². The molecule has 3 aromatic rings. The second-order valence-electron chi connectivity index (χ2n) is 8.45. The number of hydrazone groups is 1. The van der Waals surface area contributed by atoms with Crippen LogP contribution in [0.3, 0.4) is 0 Å². The van der Waals surface area contributed by atoms with Crippen molar-refractivity contribution in [2.75, 3.05) is 26.3 Å². The normalized spacial score (nSPS) is 11.4. The fourth-order valence-corrected chi connectivity index (χ4v) is 8.74. The summed E-state index contributed by atoms with van der Waals surface area (Å²) in [6, 6.07) is 32.8. The van der Waals surface area contributed by atoms with E-state index in [-0.39, 0.29) is 5.91 Å². The summed E-state index contributed by atoms with van der Waals surface area (Å²) in [5, 5.41) is 10.8. The molecule has 1 amide bonds. The number of amides is 1. The van der Waals surface area contributed by atoms with Gasteiger partial charge in [-0.1, -0.05) is 54.6 Å². The standard InChI is InChI=1S/C28H35N4OP/c1-32(24-31-29)22-13-20-28(33)30-21-11-12-23-34(25-14-5-2-6-15-25,26-16-7-3-8-17-26)27-18-9-4-10-19-27/h2-10,14-19,24H,11-13,20-23,29H2,1H3/p+1. The highest BCUT2D eigenvalue weighted by Crippen LogP contribution is 2.55. The van der Waals surface area contributed by atoms with Crippen LogP contribution in [0.5, 0.6) is 0 Å². The van der Waals surface area contributed by atoms with Crippen molar-refractivity contribution in [3.05, 3.63) is 91.0 Å². The molecule has 34 heavy (non-hydrogen) atoms. The number of nitrogens with two attached hydrogens (primary N) is 1. The second-order valence-corrected chi connectivity index (χ2v) is 12.1. The molecule has 0 atom stereocenters. The van der Waals surface area contributed by atoms with Gasteiger partial charge in [-0.25, -0.2) is 0 Å². The predicted octanol–water partition coefficient (Wildman–Crippen LogP) is 3.49. The van der Waals surface area contributed by atoms with E-state index in [1.807, 2.05) is 11.9 Å². The lowest BCUT2D eigenvalue weighted by Gasteiger charge is -2.27. The van der Waals surface area contributed by atoms with Crippen molar-refractivity contribution in [2.45, 2.75) is 25.7 Å². The number of carbonyl (C=O) groups excluding carboxylic acids is 1. The summed E-state index contributed by atoms with van der Waals surface area (Å²) in [5.74, 6) is 5.25. The van der Waals surface area contributed by atoms with Crippen LogP contribution in [0.25, 0.3) is 0 Å². The van der Waals surface area contributed by atoms with E-state index in [1.54, 1.807) is 6.34 Å². The highest BCUT2D eigenvalue weighted by atomic mass is 31.2. The van der Waals surface area contributed by atoms with Crippen molar-refractivity contribution in [1.82, 2.24) is 10.2 Å². The number of hydrogen-bond donors (Lipinski definition) is 2. The average Bonchev–Trinajstić information content (AvgIpc) is 2.88. The molecule has 178 valence electrons. The van der Waals surface area contributed by atoms with Crippen molar-refractivity contribution in [1.29, 1.82) is 0 Å². The molecule has 3 rings (SSSR count). The number of nitrogens with zero attached hydrogens (tertiary/aromatic N) is 2. The Morgan fingerprint density at radius 3 is 1.82 bits per heavy atom. The van der Waals surface area contributed by atoms with E-state index in [9.17, 15) is 4.79 Å². The van der Waals surface area contributed by atoms with Gasteiger partial charge in [0.15, 0.2) is 0 Å². The van der Waals surface area contributed by atoms with Gasteiger partial charge in [-0.2, -0.15) is 5.10 Å². The molecule has 0 saturated carbocycles. The summed E-state index contributed by atoms with van der Waals surface area (Å²) in [5.41, 5.74) is 0. The summed E-state index contributed by atoms with van der Waals surface area (Å²) in [7, 11) is 0.105. The van der Waals surface area contributed by atoms with E-state index in [0.717, 1.165) is 32.0 Å². The Balaban J connectivity index is 1.66. The van der Waals surface area contributed by atoms with Gasteiger partial charge in [-0.05, 0) is 55.7 Å². The van der Waals surface area contributed by atoms with Crippen LogP contribution in [0.4, 0.5) is 0 Å². The zero-order valence-electron chi connectivity index (χ0n) is 20.0. The Kier molecular flexibility index (Phi) is 10.1. The Morgan fingerprint density at radius 1 is 0.853 bits per heavy atom. The summed E-state index contributed by atoms with van der Waals surface area (Å²) in [4.78, 5) is 14.1. The molecule has 0 aliphatic rings. The molecule has 0 spiro atoms.